The molecule has 0 aliphatic carbocycles. The Labute approximate surface area is 110 Å². The first-order valence-corrected chi connectivity index (χ1v) is 5.80. The summed E-state index contributed by atoms with van der Waals surface area (Å²) in [5.74, 6) is 0. The van der Waals surface area contributed by atoms with Crippen LogP contribution in [0.25, 0.3) is 0 Å². The summed E-state index contributed by atoms with van der Waals surface area (Å²) in [5.41, 5.74) is 1.49. The van der Waals surface area contributed by atoms with E-state index in [-0.39, 0.29) is 17.1 Å². The van der Waals surface area contributed by atoms with Crippen LogP contribution in [-0.4, -0.2) is 0 Å². The third-order valence-corrected chi connectivity index (χ3v) is 2.36. The van der Waals surface area contributed by atoms with Gasteiger partial charge >= 0.3 is 17.1 Å². The normalized spacial score (nSPS) is 8.81. The van der Waals surface area contributed by atoms with Gasteiger partial charge in [0.25, 0.3) is 0 Å². The summed E-state index contributed by atoms with van der Waals surface area (Å²) in [6.07, 6.45) is 5.30. The fraction of sp³-hybridized carbons (Fsp3) is 0.333. The van der Waals surface area contributed by atoms with Crippen LogP contribution in [-0.2, 0) is 23.5 Å². The van der Waals surface area contributed by atoms with E-state index >= 15 is 0 Å². The van der Waals surface area contributed by atoms with Gasteiger partial charge in [0.1, 0.15) is 0 Å². The van der Waals surface area contributed by atoms with E-state index in [1.807, 2.05) is 30.3 Å². The predicted octanol–water partition coefficient (Wildman–Crippen LogP) is 4.54. The van der Waals surface area contributed by atoms with Crippen molar-refractivity contribution >= 4 is 0 Å². The van der Waals surface area contributed by atoms with E-state index in [1.165, 1.54) is 31.2 Å². The van der Waals surface area contributed by atoms with Gasteiger partial charge in [-0.05, 0) is 0 Å². The van der Waals surface area contributed by atoms with Crippen molar-refractivity contribution < 1.29 is 17.1 Å². The molecule has 0 spiro atoms. The molecule has 0 nitrogen and oxygen atoms in total. The van der Waals surface area contributed by atoms with E-state index in [2.05, 4.69) is 31.2 Å². The Bertz CT molecular complexity index is 275. The third-order valence-electron chi connectivity index (χ3n) is 2.36. The molecule has 2 aromatic carbocycles. The smallest absolute Gasteiger partial charge is 0.214 e. The van der Waals surface area contributed by atoms with Crippen LogP contribution < -0.4 is 0 Å². The number of aryl methyl sites for hydroxylation is 1. The number of rotatable bonds is 4. The Kier molecular flexibility index (Phi) is 10.2. The summed E-state index contributed by atoms with van der Waals surface area (Å²) in [4.78, 5) is 0. The van der Waals surface area contributed by atoms with Gasteiger partial charge in [0.15, 0.2) is 0 Å². The average molecular weight is 256 g/mol. The second-order valence-electron chi connectivity index (χ2n) is 3.71. The Morgan fingerprint density at radius 1 is 0.938 bits per heavy atom. The summed E-state index contributed by atoms with van der Waals surface area (Å²) < 4.78 is 0. The summed E-state index contributed by atoms with van der Waals surface area (Å²) in [6, 6.07) is 18.6. The average Bonchev–Trinajstić information content (AvgIpc) is 2.94. The van der Waals surface area contributed by atoms with E-state index in [1.54, 1.807) is 0 Å². The van der Waals surface area contributed by atoms with Gasteiger partial charge in [-0.15, -0.1) is 0 Å². The fourth-order valence-electron chi connectivity index (χ4n) is 1.48. The molecule has 0 bridgehead atoms. The van der Waals surface area contributed by atoms with E-state index in [0.29, 0.717) is 0 Å². The van der Waals surface area contributed by atoms with Crippen molar-refractivity contribution in [3.63, 3.8) is 0 Å². The van der Waals surface area contributed by atoms with Gasteiger partial charge in [0.05, 0.1) is 0 Å². The number of hydrogen-bond acceptors (Lipinski definition) is 0. The Morgan fingerprint density at radius 2 is 1.56 bits per heavy atom. The molecule has 0 heterocycles. The van der Waals surface area contributed by atoms with E-state index in [0.717, 1.165) is 0 Å². The van der Waals surface area contributed by atoms with Gasteiger partial charge < -0.3 is 0 Å². The summed E-state index contributed by atoms with van der Waals surface area (Å²) in [5, 5.41) is 0. The predicted molar refractivity (Wildman–Crippen MR) is 67.3 cm³/mol. The van der Waals surface area contributed by atoms with Crippen LogP contribution in [0, 0.1) is 0 Å². The molecular formula is C15H20Fe. The molecule has 1 heteroatoms. The Morgan fingerprint density at radius 3 is 2.00 bits per heavy atom. The monoisotopic (exact) mass is 256 g/mol. The molecule has 88 valence electrons. The van der Waals surface area contributed by atoms with E-state index < -0.39 is 0 Å². The van der Waals surface area contributed by atoms with Crippen LogP contribution in [0.15, 0.2) is 54.6 Å². The van der Waals surface area contributed by atoms with Crippen LogP contribution >= 0.6 is 0 Å². The molecule has 0 radical (unpaired) electrons. The van der Waals surface area contributed by atoms with Gasteiger partial charge in [-0.25, -0.2) is 24.3 Å². The Balaban J connectivity index is 0.000000318. The quantitative estimate of drug-likeness (QED) is 0.428. The zero-order valence-electron chi connectivity index (χ0n) is 9.88. The molecule has 0 unspecified atom stereocenters. The number of hydrogen-bond donors (Lipinski definition) is 0. The van der Waals surface area contributed by atoms with Crippen LogP contribution in [0.5, 0.6) is 0 Å². The first-order chi connectivity index (χ1) is 7.43. The molecule has 0 fully saturated rings. The van der Waals surface area contributed by atoms with Crippen LogP contribution in [0.4, 0.5) is 0 Å². The van der Waals surface area contributed by atoms with Crippen LogP contribution in [0.1, 0.15) is 31.7 Å². The summed E-state index contributed by atoms with van der Waals surface area (Å²) >= 11 is 0. The van der Waals surface area contributed by atoms with Gasteiger partial charge in [-0.2, -0.15) is 35.9 Å². The molecular weight excluding hydrogens is 236 g/mol. The summed E-state index contributed by atoms with van der Waals surface area (Å²) in [6.45, 7) is 2.24. The maximum Gasteiger partial charge on any atom is 2.00 e. The van der Waals surface area contributed by atoms with E-state index in [9.17, 15) is 0 Å². The molecule has 2 aromatic rings. The standard InChI is InChI=1S/C10H15.C5H5.Fe/c1-2-3-4-7-10-8-5-6-9-10;1-2-4-5-3-1;/h5-6,8-9H,2-4,7H2,1H3;1-5H;/q2*-1;+2. The van der Waals surface area contributed by atoms with Crippen molar-refractivity contribution in [1.29, 1.82) is 0 Å². The van der Waals surface area contributed by atoms with Crippen molar-refractivity contribution in [2.75, 3.05) is 0 Å². The second-order valence-corrected chi connectivity index (χ2v) is 3.71. The molecule has 0 aliphatic rings. The molecule has 0 N–H and O–H groups in total. The van der Waals surface area contributed by atoms with Gasteiger partial charge in [-0.3, -0.25) is 0 Å². The second kappa shape index (κ2) is 10.7. The molecule has 0 amide bonds. The van der Waals surface area contributed by atoms with Crippen LogP contribution in [0.2, 0.25) is 0 Å². The topological polar surface area (TPSA) is 0 Å². The fourth-order valence-corrected chi connectivity index (χ4v) is 1.48. The SMILES string of the molecule is CCCCC[c-]1cccc1.[Fe+2].c1cc[cH-]c1. The number of unbranched alkanes of at least 4 members (excludes halogenated alkanes) is 2. The largest absolute Gasteiger partial charge is 2.00 e. The van der Waals surface area contributed by atoms with Crippen molar-refractivity contribution in [3.8, 4) is 0 Å². The zero-order chi connectivity index (χ0) is 10.8. The van der Waals surface area contributed by atoms with Gasteiger partial charge in [-0.1, -0.05) is 32.6 Å². The molecule has 0 saturated carbocycles. The molecule has 0 aromatic heterocycles. The first-order valence-electron chi connectivity index (χ1n) is 5.80. The van der Waals surface area contributed by atoms with Crippen molar-refractivity contribution in [2.24, 2.45) is 0 Å². The van der Waals surface area contributed by atoms with Gasteiger partial charge in [0.2, 0.25) is 0 Å². The molecule has 0 atom stereocenters. The molecule has 16 heavy (non-hydrogen) atoms. The summed E-state index contributed by atoms with van der Waals surface area (Å²) in [7, 11) is 0. The van der Waals surface area contributed by atoms with E-state index in [4.69, 9.17) is 0 Å². The van der Waals surface area contributed by atoms with Crippen molar-refractivity contribution in [3.05, 3.63) is 60.2 Å². The third kappa shape index (κ3) is 7.50. The maximum absolute atomic E-state index is 2.24. The first kappa shape index (κ1) is 15.2. The van der Waals surface area contributed by atoms with Crippen molar-refractivity contribution in [2.45, 2.75) is 32.6 Å². The maximum atomic E-state index is 2.24. The van der Waals surface area contributed by atoms with Gasteiger partial charge in [0, 0.05) is 0 Å². The molecule has 0 aliphatic heterocycles. The van der Waals surface area contributed by atoms with Crippen molar-refractivity contribution in [1.82, 2.24) is 0 Å². The Hall–Kier alpha value is -0.781. The molecule has 0 saturated heterocycles. The minimum absolute atomic E-state index is 0. The minimum Gasteiger partial charge on any atom is -0.214 e. The van der Waals surface area contributed by atoms with Crippen LogP contribution in [0.3, 0.4) is 0 Å². The zero-order valence-corrected chi connectivity index (χ0v) is 11.0. The minimum atomic E-state index is 0. The molecule has 2 rings (SSSR count).